The standard InChI is InChI=1S/C11H12FN3.C6H3F3/c12-7-1-3-9-10(5-7)15-6-8(13)2-4-11(15)14-9;7-4-1-2-5(8)6(9)3-4/h1,3,5,8H,2,4,6,13H2;1-3H/t8-;/m1./s1. The molecule has 1 aliphatic rings. The van der Waals surface area contributed by atoms with Crippen LogP contribution < -0.4 is 5.73 Å². The summed E-state index contributed by atoms with van der Waals surface area (Å²) in [7, 11) is 0. The normalized spacial score (nSPS) is 16.5. The van der Waals surface area contributed by atoms with Crippen LogP contribution in [0.15, 0.2) is 36.4 Å². The van der Waals surface area contributed by atoms with Crippen LogP contribution in [0, 0.1) is 23.3 Å². The number of hydrogen-bond acceptors (Lipinski definition) is 2. The Morgan fingerprint density at radius 2 is 1.67 bits per heavy atom. The Bertz CT molecular complexity index is 876. The van der Waals surface area contributed by atoms with Gasteiger partial charge in [0.15, 0.2) is 11.6 Å². The van der Waals surface area contributed by atoms with E-state index in [0.717, 1.165) is 48.4 Å². The number of fused-ring (bicyclic) bond motifs is 3. The van der Waals surface area contributed by atoms with Crippen LogP contribution in [0.4, 0.5) is 17.6 Å². The molecule has 24 heavy (non-hydrogen) atoms. The van der Waals surface area contributed by atoms with Crippen molar-refractivity contribution in [2.24, 2.45) is 5.73 Å². The minimum absolute atomic E-state index is 0.165. The van der Waals surface area contributed by atoms with E-state index in [1.54, 1.807) is 6.07 Å². The number of rotatable bonds is 0. The molecule has 0 unspecified atom stereocenters. The summed E-state index contributed by atoms with van der Waals surface area (Å²) in [4.78, 5) is 4.47. The second-order valence-electron chi connectivity index (χ2n) is 5.63. The fraction of sp³-hybridized carbons (Fsp3) is 0.235. The summed E-state index contributed by atoms with van der Waals surface area (Å²) in [6, 6.07) is 6.96. The smallest absolute Gasteiger partial charge is 0.161 e. The molecular weight excluding hydrogens is 322 g/mol. The zero-order valence-electron chi connectivity index (χ0n) is 12.6. The van der Waals surface area contributed by atoms with Gasteiger partial charge in [-0.15, -0.1) is 0 Å². The highest BCUT2D eigenvalue weighted by Crippen LogP contribution is 2.22. The molecule has 0 radical (unpaired) electrons. The fourth-order valence-electron chi connectivity index (χ4n) is 2.65. The Labute approximate surface area is 135 Å². The van der Waals surface area contributed by atoms with Crippen LogP contribution in [0.2, 0.25) is 0 Å². The first-order chi connectivity index (χ1) is 11.4. The first-order valence-corrected chi connectivity index (χ1v) is 7.45. The lowest BCUT2D eigenvalue weighted by atomic mass is 10.1. The van der Waals surface area contributed by atoms with Gasteiger partial charge in [0.1, 0.15) is 17.5 Å². The summed E-state index contributed by atoms with van der Waals surface area (Å²) >= 11 is 0. The van der Waals surface area contributed by atoms with Crippen molar-refractivity contribution in [2.75, 3.05) is 0 Å². The summed E-state index contributed by atoms with van der Waals surface area (Å²) in [5.74, 6) is -2.15. The molecule has 1 atom stereocenters. The van der Waals surface area contributed by atoms with Crippen molar-refractivity contribution in [1.29, 1.82) is 0 Å². The van der Waals surface area contributed by atoms with Gasteiger partial charge in [0.25, 0.3) is 0 Å². The Kier molecular flexibility index (Phi) is 4.53. The average Bonchev–Trinajstić information content (AvgIpc) is 2.89. The maximum absolute atomic E-state index is 13.1. The number of hydrogen-bond donors (Lipinski definition) is 1. The first-order valence-electron chi connectivity index (χ1n) is 7.45. The molecule has 3 nitrogen and oxygen atoms in total. The molecule has 7 heteroatoms. The number of halogens is 4. The third-order valence-corrected chi connectivity index (χ3v) is 3.83. The summed E-state index contributed by atoms with van der Waals surface area (Å²) < 4.78 is 51.0. The predicted octanol–water partition coefficient (Wildman–Crippen LogP) is 3.55. The van der Waals surface area contributed by atoms with Gasteiger partial charge in [-0.3, -0.25) is 0 Å². The number of benzene rings is 2. The highest BCUT2D eigenvalue weighted by molar-refractivity contribution is 5.76. The number of aryl methyl sites for hydroxylation is 1. The van der Waals surface area contributed by atoms with Gasteiger partial charge in [-0.2, -0.15) is 0 Å². The highest BCUT2D eigenvalue weighted by Gasteiger charge is 2.19. The summed E-state index contributed by atoms with van der Waals surface area (Å²) in [6.45, 7) is 0.745. The van der Waals surface area contributed by atoms with Gasteiger partial charge in [-0.05, 0) is 36.8 Å². The van der Waals surface area contributed by atoms with E-state index in [0.29, 0.717) is 6.07 Å². The van der Waals surface area contributed by atoms with E-state index in [4.69, 9.17) is 5.73 Å². The predicted molar refractivity (Wildman–Crippen MR) is 82.3 cm³/mol. The lowest BCUT2D eigenvalue weighted by Crippen LogP contribution is -2.31. The van der Waals surface area contributed by atoms with Gasteiger partial charge in [0.2, 0.25) is 0 Å². The second kappa shape index (κ2) is 6.60. The molecule has 1 aliphatic heterocycles. The van der Waals surface area contributed by atoms with Crippen molar-refractivity contribution >= 4 is 11.0 Å². The summed E-state index contributed by atoms with van der Waals surface area (Å²) in [6.07, 6.45) is 1.85. The van der Waals surface area contributed by atoms with Crippen LogP contribution >= 0.6 is 0 Å². The number of imidazole rings is 1. The van der Waals surface area contributed by atoms with Gasteiger partial charge in [0, 0.05) is 25.1 Å². The molecule has 4 rings (SSSR count). The Morgan fingerprint density at radius 3 is 2.38 bits per heavy atom. The van der Waals surface area contributed by atoms with Crippen LogP contribution in [-0.4, -0.2) is 15.6 Å². The molecule has 0 spiro atoms. The molecule has 2 aromatic carbocycles. The van der Waals surface area contributed by atoms with E-state index >= 15 is 0 Å². The molecule has 0 bridgehead atoms. The molecule has 3 aromatic rings. The quantitative estimate of drug-likeness (QED) is 0.504. The van der Waals surface area contributed by atoms with Crippen molar-refractivity contribution < 1.29 is 17.6 Å². The molecule has 0 fully saturated rings. The van der Waals surface area contributed by atoms with Crippen LogP contribution in [0.3, 0.4) is 0 Å². The van der Waals surface area contributed by atoms with Gasteiger partial charge in [-0.1, -0.05) is 0 Å². The molecule has 2 heterocycles. The Morgan fingerprint density at radius 1 is 0.958 bits per heavy atom. The number of aromatic nitrogens is 2. The van der Waals surface area contributed by atoms with E-state index in [2.05, 4.69) is 4.98 Å². The monoisotopic (exact) mass is 337 g/mol. The minimum atomic E-state index is -1.16. The second-order valence-corrected chi connectivity index (χ2v) is 5.63. The lowest BCUT2D eigenvalue weighted by Gasteiger charge is -2.20. The summed E-state index contributed by atoms with van der Waals surface area (Å²) in [5, 5.41) is 0. The number of nitrogens with two attached hydrogens (primary N) is 1. The van der Waals surface area contributed by atoms with Crippen molar-refractivity contribution in [1.82, 2.24) is 9.55 Å². The lowest BCUT2D eigenvalue weighted by molar-refractivity contribution is 0.461. The minimum Gasteiger partial charge on any atom is -0.326 e. The first kappa shape index (κ1) is 16.4. The van der Waals surface area contributed by atoms with Crippen molar-refractivity contribution in [2.45, 2.75) is 25.4 Å². The molecule has 2 N–H and O–H groups in total. The third-order valence-electron chi connectivity index (χ3n) is 3.83. The van der Waals surface area contributed by atoms with Gasteiger partial charge in [0.05, 0.1) is 11.0 Å². The van der Waals surface area contributed by atoms with E-state index in [9.17, 15) is 17.6 Å². The van der Waals surface area contributed by atoms with Crippen LogP contribution in [0.5, 0.6) is 0 Å². The maximum atomic E-state index is 13.1. The van der Waals surface area contributed by atoms with E-state index in [-0.39, 0.29) is 11.9 Å². The molecule has 0 saturated carbocycles. The van der Waals surface area contributed by atoms with Crippen LogP contribution in [0.25, 0.3) is 11.0 Å². The molecule has 0 amide bonds. The van der Waals surface area contributed by atoms with E-state index < -0.39 is 17.5 Å². The summed E-state index contributed by atoms with van der Waals surface area (Å²) in [5.41, 5.74) is 7.62. The molecular formula is C17H15F4N3. The Hall–Kier alpha value is -2.41. The zero-order chi connectivity index (χ0) is 17.3. The van der Waals surface area contributed by atoms with Gasteiger partial charge >= 0.3 is 0 Å². The van der Waals surface area contributed by atoms with Gasteiger partial charge < -0.3 is 10.3 Å². The number of nitrogens with zero attached hydrogens (tertiary/aromatic N) is 2. The van der Waals surface area contributed by atoms with Crippen LogP contribution in [-0.2, 0) is 13.0 Å². The fourth-order valence-corrected chi connectivity index (χ4v) is 2.65. The molecule has 1 aromatic heterocycles. The maximum Gasteiger partial charge on any atom is 0.161 e. The Balaban J connectivity index is 0.000000162. The highest BCUT2D eigenvalue weighted by atomic mass is 19.2. The SMILES string of the molecule is Fc1ccc(F)c(F)c1.N[C@@H]1CCc2nc3ccc(F)cc3n2C1. The van der Waals surface area contributed by atoms with Crippen molar-refractivity contribution in [3.05, 3.63) is 65.5 Å². The van der Waals surface area contributed by atoms with E-state index in [1.807, 2.05) is 4.57 Å². The molecule has 0 saturated heterocycles. The zero-order valence-corrected chi connectivity index (χ0v) is 12.6. The van der Waals surface area contributed by atoms with E-state index in [1.165, 1.54) is 12.1 Å². The van der Waals surface area contributed by atoms with Crippen LogP contribution in [0.1, 0.15) is 12.2 Å². The topological polar surface area (TPSA) is 43.8 Å². The molecule has 126 valence electrons. The third kappa shape index (κ3) is 3.41. The largest absolute Gasteiger partial charge is 0.326 e. The van der Waals surface area contributed by atoms with Gasteiger partial charge in [-0.25, -0.2) is 22.5 Å². The van der Waals surface area contributed by atoms with Crippen molar-refractivity contribution in [3.63, 3.8) is 0 Å². The molecule has 0 aliphatic carbocycles. The van der Waals surface area contributed by atoms with Crippen molar-refractivity contribution in [3.8, 4) is 0 Å². The average molecular weight is 337 g/mol.